The molecule has 0 aromatic heterocycles. The number of nitrogens with one attached hydrogen (secondary N) is 2. The summed E-state index contributed by atoms with van der Waals surface area (Å²) in [7, 11) is 0. The monoisotopic (exact) mass is 314 g/mol. The van der Waals surface area contributed by atoms with Gasteiger partial charge < -0.3 is 10.6 Å². The summed E-state index contributed by atoms with van der Waals surface area (Å²) in [5.74, 6) is -2.01. The van der Waals surface area contributed by atoms with Crippen LogP contribution in [0, 0.1) is 11.6 Å². The lowest BCUT2D eigenvalue weighted by atomic mass is 10.1. The molecule has 1 aliphatic rings. The minimum atomic E-state index is -0.875. The van der Waals surface area contributed by atoms with Crippen molar-refractivity contribution < 1.29 is 13.6 Å². The highest BCUT2D eigenvalue weighted by atomic mass is 19.2. The molecule has 0 saturated carbocycles. The van der Waals surface area contributed by atoms with Crippen LogP contribution in [-0.2, 0) is 11.2 Å². The summed E-state index contributed by atoms with van der Waals surface area (Å²) >= 11 is 0. The molecular formula is C18H16F2N2O. The summed E-state index contributed by atoms with van der Waals surface area (Å²) in [5, 5.41) is 5.95. The van der Waals surface area contributed by atoms with Gasteiger partial charge in [-0.1, -0.05) is 12.6 Å². The summed E-state index contributed by atoms with van der Waals surface area (Å²) in [6.07, 6.45) is 2.96. The molecule has 2 aromatic carbocycles. The van der Waals surface area contributed by atoms with Gasteiger partial charge in [0, 0.05) is 17.4 Å². The Kier molecular flexibility index (Phi) is 4.10. The van der Waals surface area contributed by atoms with Gasteiger partial charge in [0.1, 0.15) is 0 Å². The first-order valence-corrected chi connectivity index (χ1v) is 7.34. The summed E-state index contributed by atoms with van der Waals surface area (Å²) in [4.78, 5) is 11.4. The number of carbonyl (C=O) groups excluding carboxylic acids is 1. The van der Waals surface area contributed by atoms with E-state index in [9.17, 15) is 13.6 Å². The van der Waals surface area contributed by atoms with E-state index >= 15 is 0 Å². The third-order valence-corrected chi connectivity index (χ3v) is 3.94. The highest BCUT2D eigenvalue weighted by Crippen LogP contribution is 2.35. The molecule has 3 nitrogen and oxygen atoms in total. The number of amides is 1. The molecule has 2 N–H and O–H groups in total. The molecule has 0 bridgehead atoms. The molecule has 2 aromatic rings. The predicted molar refractivity (Wildman–Crippen MR) is 86.3 cm³/mol. The molecule has 118 valence electrons. The molecule has 0 spiro atoms. The molecule has 1 unspecified atom stereocenters. The van der Waals surface area contributed by atoms with Crippen LogP contribution in [0.2, 0.25) is 0 Å². The van der Waals surface area contributed by atoms with Crippen molar-refractivity contribution in [2.24, 2.45) is 0 Å². The van der Waals surface area contributed by atoms with Gasteiger partial charge in [0.25, 0.3) is 0 Å². The highest BCUT2D eigenvalue weighted by molar-refractivity contribution is 5.98. The normalized spacial score (nSPS) is 15.8. The second kappa shape index (κ2) is 6.20. The summed E-state index contributed by atoms with van der Waals surface area (Å²) in [6.45, 7) is 3.42. The lowest BCUT2D eigenvalue weighted by molar-refractivity contribution is -0.111. The van der Waals surface area contributed by atoms with Crippen LogP contribution in [0.4, 0.5) is 20.2 Å². The second-order valence-electron chi connectivity index (χ2n) is 5.47. The van der Waals surface area contributed by atoms with E-state index in [4.69, 9.17) is 0 Å². The molecule has 1 aliphatic carbocycles. The third kappa shape index (κ3) is 3.23. The lowest BCUT2D eigenvalue weighted by Gasteiger charge is -2.16. The topological polar surface area (TPSA) is 41.1 Å². The molecule has 0 radical (unpaired) electrons. The van der Waals surface area contributed by atoms with Gasteiger partial charge in [-0.15, -0.1) is 0 Å². The zero-order chi connectivity index (χ0) is 16.4. The van der Waals surface area contributed by atoms with Crippen LogP contribution in [-0.4, -0.2) is 5.91 Å². The van der Waals surface area contributed by atoms with Crippen LogP contribution < -0.4 is 10.6 Å². The lowest BCUT2D eigenvalue weighted by Crippen LogP contribution is -2.10. The number of hydrogen-bond donors (Lipinski definition) is 2. The van der Waals surface area contributed by atoms with E-state index in [-0.39, 0.29) is 11.9 Å². The van der Waals surface area contributed by atoms with Crippen LogP contribution in [0.1, 0.15) is 23.6 Å². The van der Waals surface area contributed by atoms with Crippen LogP contribution in [0.25, 0.3) is 0 Å². The summed E-state index contributed by atoms with van der Waals surface area (Å²) in [5.41, 5.74) is 3.45. The maximum atomic E-state index is 13.3. The van der Waals surface area contributed by atoms with E-state index in [1.165, 1.54) is 17.7 Å². The smallest absolute Gasteiger partial charge is 0.247 e. The predicted octanol–water partition coefficient (Wildman–Crippen LogP) is 4.19. The van der Waals surface area contributed by atoms with Gasteiger partial charge in [-0.3, -0.25) is 4.79 Å². The van der Waals surface area contributed by atoms with Gasteiger partial charge in [0.15, 0.2) is 11.6 Å². The number of anilines is 2. The molecule has 3 rings (SSSR count). The first-order chi connectivity index (χ1) is 11.1. The van der Waals surface area contributed by atoms with Crippen molar-refractivity contribution in [2.75, 3.05) is 10.6 Å². The van der Waals surface area contributed by atoms with E-state index in [1.807, 2.05) is 18.2 Å². The molecule has 0 aliphatic heterocycles. The fraction of sp³-hybridized carbons (Fsp3) is 0.167. The van der Waals surface area contributed by atoms with Crippen molar-refractivity contribution >= 4 is 17.3 Å². The molecule has 5 heteroatoms. The quantitative estimate of drug-likeness (QED) is 0.831. The molecule has 1 amide bonds. The Hall–Kier alpha value is -2.69. The van der Waals surface area contributed by atoms with E-state index in [0.29, 0.717) is 11.4 Å². The Labute approximate surface area is 133 Å². The van der Waals surface area contributed by atoms with E-state index in [1.54, 1.807) is 0 Å². The first kappa shape index (κ1) is 15.2. The number of fused-ring (bicyclic) bond motifs is 1. The molecule has 0 fully saturated rings. The molecule has 23 heavy (non-hydrogen) atoms. The highest BCUT2D eigenvalue weighted by Gasteiger charge is 2.23. The summed E-state index contributed by atoms with van der Waals surface area (Å²) < 4.78 is 26.3. The Morgan fingerprint density at radius 2 is 1.91 bits per heavy atom. The van der Waals surface area contributed by atoms with Crippen molar-refractivity contribution in [3.8, 4) is 0 Å². The zero-order valence-corrected chi connectivity index (χ0v) is 12.4. The molecule has 0 heterocycles. The van der Waals surface area contributed by atoms with Gasteiger partial charge >= 0.3 is 0 Å². The van der Waals surface area contributed by atoms with Crippen molar-refractivity contribution in [3.63, 3.8) is 0 Å². The van der Waals surface area contributed by atoms with E-state index in [2.05, 4.69) is 17.2 Å². The third-order valence-electron chi connectivity index (χ3n) is 3.94. The number of halogens is 2. The van der Waals surface area contributed by atoms with E-state index in [0.717, 1.165) is 30.5 Å². The maximum absolute atomic E-state index is 13.3. The number of rotatable bonds is 4. The van der Waals surface area contributed by atoms with Crippen LogP contribution >= 0.6 is 0 Å². The number of carbonyl (C=O) groups is 1. The average molecular weight is 314 g/mol. The van der Waals surface area contributed by atoms with Crippen molar-refractivity contribution in [2.45, 2.75) is 18.9 Å². The Balaban J connectivity index is 1.82. The van der Waals surface area contributed by atoms with Gasteiger partial charge in [-0.25, -0.2) is 8.78 Å². The van der Waals surface area contributed by atoms with Crippen molar-refractivity contribution in [1.29, 1.82) is 0 Å². The molecular weight excluding hydrogens is 298 g/mol. The maximum Gasteiger partial charge on any atom is 0.247 e. The fourth-order valence-corrected chi connectivity index (χ4v) is 2.81. The number of aryl methyl sites for hydroxylation is 1. The van der Waals surface area contributed by atoms with Crippen LogP contribution in [0.5, 0.6) is 0 Å². The summed E-state index contributed by atoms with van der Waals surface area (Å²) in [6, 6.07) is 9.49. The van der Waals surface area contributed by atoms with Gasteiger partial charge in [0.05, 0.1) is 6.04 Å². The van der Waals surface area contributed by atoms with Gasteiger partial charge in [0.2, 0.25) is 5.91 Å². The van der Waals surface area contributed by atoms with Gasteiger partial charge in [-0.05, 0) is 54.3 Å². The van der Waals surface area contributed by atoms with Gasteiger partial charge in [-0.2, -0.15) is 0 Å². The molecule has 1 atom stereocenters. The largest absolute Gasteiger partial charge is 0.378 e. The van der Waals surface area contributed by atoms with Crippen molar-refractivity contribution in [1.82, 2.24) is 0 Å². The zero-order valence-electron chi connectivity index (χ0n) is 12.4. The molecule has 0 saturated heterocycles. The standard InChI is InChI=1S/C18H16F2N2O/c1-2-18(23)22-12-5-3-11-4-8-17(14(11)9-12)21-13-6-7-15(19)16(20)10-13/h2-3,5-7,9-10,17,21H,1,4,8H2,(H,22,23). The number of hydrogen-bond acceptors (Lipinski definition) is 2. The first-order valence-electron chi connectivity index (χ1n) is 7.34. The van der Waals surface area contributed by atoms with Crippen molar-refractivity contribution in [3.05, 3.63) is 71.8 Å². The van der Waals surface area contributed by atoms with Crippen LogP contribution in [0.15, 0.2) is 49.1 Å². The van der Waals surface area contributed by atoms with E-state index < -0.39 is 11.6 Å². The minimum Gasteiger partial charge on any atom is -0.378 e. The van der Waals surface area contributed by atoms with Crippen LogP contribution in [0.3, 0.4) is 0 Å². The Morgan fingerprint density at radius 3 is 2.65 bits per heavy atom. The number of benzene rings is 2. The second-order valence-corrected chi connectivity index (χ2v) is 5.47. The average Bonchev–Trinajstić information content (AvgIpc) is 2.93. The SMILES string of the molecule is C=CC(=O)Nc1ccc2c(c1)C(Nc1ccc(F)c(F)c1)CC2. The Bertz CT molecular complexity index is 774. The minimum absolute atomic E-state index is 0.00422. The fourth-order valence-electron chi connectivity index (χ4n) is 2.81. The Morgan fingerprint density at radius 1 is 1.13 bits per heavy atom.